The lowest BCUT2D eigenvalue weighted by molar-refractivity contribution is 0.0526. The Kier molecular flexibility index (Phi) is 7.72. The quantitative estimate of drug-likeness (QED) is 0.178. The van der Waals surface area contributed by atoms with E-state index >= 15 is 0 Å². The minimum Gasteiger partial charge on any atom is -0.462 e. The van der Waals surface area contributed by atoms with Crippen molar-refractivity contribution < 1.29 is 19.1 Å². The number of hydrogen-bond acceptors (Lipinski definition) is 7. The zero-order chi connectivity index (χ0) is 26.6. The first kappa shape index (κ1) is 25.9. The van der Waals surface area contributed by atoms with E-state index in [4.69, 9.17) is 4.74 Å². The molecule has 0 fully saturated rings. The van der Waals surface area contributed by atoms with Gasteiger partial charge in [-0.2, -0.15) is 0 Å². The number of fused-ring (bicyclic) bond motifs is 1. The molecule has 0 atom stereocenters. The van der Waals surface area contributed by atoms with Gasteiger partial charge in [-0.15, -0.1) is 22.7 Å². The second-order valence-corrected chi connectivity index (χ2v) is 11.2. The molecule has 1 amide bonds. The molecule has 0 aliphatic heterocycles. The highest BCUT2D eigenvalue weighted by atomic mass is 32.1. The van der Waals surface area contributed by atoms with Gasteiger partial charge in [0.1, 0.15) is 10.0 Å². The van der Waals surface area contributed by atoms with E-state index in [-0.39, 0.29) is 18.3 Å². The third kappa shape index (κ3) is 5.14. The van der Waals surface area contributed by atoms with Gasteiger partial charge in [0.25, 0.3) is 5.91 Å². The van der Waals surface area contributed by atoms with Crippen LogP contribution in [0.3, 0.4) is 0 Å². The van der Waals surface area contributed by atoms with E-state index in [1.54, 1.807) is 26.0 Å². The van der Waals surface area contributed by atoms with Crippen molar-refractivity contribution in [1.82, 2.24) is 0 Å². The van der Waals surface area contributed by atoms with Crippen molar-refractivity contribution in [3.8, 4) is 0 Å². The molecule has 2 aromatic carbocycles. The molecule has 38 heavy (non-hydrogen) atoms. The largest absolute Gasteiger partial charge is 0.462 e. The molecule has 1 aliphatic rings. The Bertz CT molecular complexity index is 1490. The Balaban J connectivity index is 1.55. The van der Waals surface area contributed by atoms with Crippen LogP contribution in [0.25, 0.3) is 0 Å². The number of rotatable bonds is 8. The van der Waals surface area contributed by atoms with Gasteiger partial charge in [-0.05, 0) is 62.8 Å². The second-order valence-electron chi connectivity index (χ2n) is 9.04. The molecule has 8 heteroatoms. The highest BCUT2D eigenvalue weighted by Crippen LogP contribution is 2.41. The lowest BCUT2D eigenvalue weighted by Crippen LogP contribution is -2.17. The van der Waals surface area contributed by atoms with Crippen LogP contribution in [0.2, 0.25) is 0 Å². The lowest BCUT2D eigenvalue weighted by atomic mass is 9.95. The molecule has 2 heterocycles. The first-order valence-corrected chi connectivity index (χ1v) is 14.3. The number of para-hydroxylation sites is 1. The Hall–Kier alpha value is -3.75. The number of aryl methyl sites for hydroxylation is 1. The van der Waals surface area contributed by atoms with E-state index in [2.05, 4.69) is 10.6 Å². The van der Waals surface area contributed by atoms with Crippen molar-refractivity contribution >= 4 is 56.0 Å². The summed E-state index contributed by atoms with van der Waals surface area (Å²) in [5, 5.41) is 7.43. The number of hydrogen-bond donors (Lipinski definition) is 2. The summed E-state index contributed by atoms with van der Waals surface area (Å²) in [5.41, 5.74) is 3.80. The van der Waals surface area contributed by atoms with E-state index < -0.39 is 5.97 Å². The fourth-order valence-electron chi connectivity index (χ4n) is 4.70. The van der Waals surface area contributed by atoms with Crippen molar-refractivity contribution in [3.63, 3.8) is 0 Å². The molecule has 6 nitrogen and oxygen atoms in total. The molecule has 1 aliphatic carbocycles. The summed E-state index contributed by atoms with van der Waals surface area (Å²) >= 11 is 2.71. The van der Waals surface area contributed by atoms with Gasteiger partial charge in [-0.25, -0.2) is 4.79 Å². The van der Waals surface area contributed by atoms with Gasteiger partial charge >= 0.3 is 5.97 Å². The molecular formula is C30H28N2O4S2. The molecule has 0 radical (unpaired) electrons. The summed E-state index contributed by atoms with van der Waals surface area (Å²) in [7, 11) is 0. The van der Waals surface area contributed by atoms with Crippen LogP contribution < -0.4 is 10.6 Å². The first-order valence-electron chi connectivity index (χ1n) is 12.7. The number of amides is 1. The fraction of sp³-hybridized carbons (Fsp3) is 0.233. The van der Waals surface area contributed by atoms with Gasteiger partial charge in [0.15, 0.2) is 0 Å². The van der Waals surface area contributed by atoms with E-state index in [1.807, 2.05) is 48.5 Å². The van der Waals surface area contributed by atoms with Crippen molar-refractivity contribution in [1.29, 1.82) is 0 Å². The number of carbonyl (C=O) groups is 3. The zero-order valence-electron chi connectivity index (χ0n) is 21.3. The maximum Gasteiger partial charge on any atom is 0.341 e. The molecule has 2 aromatic heterocycles. The maximum absolute atomic E-state index is 13.9. The van der Waals surface area contributed by atoms with Gasteiger partial charge in [0, 0.05) is 16.1 Å². The number of carbonyl (C=O) groups excluding carboxylic acids is 3. The van der Waals surface area contributed by atoms with Gasteiger partial charge in [0.2, 0.25) is 5.78 Å². The molecule has 0 unspecified atom stereocenters. The van der Waals surface area contributed by atoms with E-state index in [0.717, 1.165) is 41.8 Å². The Morgan fingerprint density at radius 1 is 0.868 bits per heavy atom. The lowest BCUT2D eigenvalue weighted by Gasteiger charge is -2.12. The number of ether oxygens (including phenoxy) is 1. The SMILES string of the molecule is CCOC(=O)c1c(NC(=O)c2c(Nc3ccccc3)sc(C(=O)c3ccccc3)c2C)sc2c1CCCC2. The fourth-order valence-corrected chi connectivity index (χ4v) is 7.16. The van der Waals surface area contributed by atoms with Crippen LogP contribution in [-0.4, -0.2) is 24.3 Å². The van der Waals surface area contributed by atoms with E-state index in [1.165, 1.54) is 22.7 Å². The first-order chi connectivity index (χ1) is 18.5. The standard InChI is InChI=1S/C30H28N2O4S2/c1-3-36-30(35)24-21-16-10-11-17-22(21)37-29(24)32-27(34)23-18(2)26(25(33)19-12-6-4-7-13-19)38-28(23)31-20-14-8-5-9-15-20/h4-9,12-15,31H,3,10-11,16-17H2,1-2H3,(H,32,34). The van der Waals surface area contributed by atoms with Crippen LogP contribution in [0.1, 0.15) is 71.7 Å². The van der Waals surface area contributed by atoms with Crippen LogP contribution in [0, 0.1) is 6.92 Å². The van der Waals surface area contributed by atoms with Crippen LogP contribution >= 0.6 is 22.7 Å². The van der Waals surface area contributed by atoms with Gasteiger partial charge in [-0.3, -0.25) is 9.59 Å². The third-order valence-corrected chi connectivity index (χ3v) is 8.94. The highest BCUT2D eigenvalue weighted by molar-refractivity contribution is 7.19. The summed E-state index contributed by atoms with van der Waals surface area (Å²) in [5.74, 6) is -0.915. The number of benzene rings is 2. The minimum absolute atomic E-state index is 0.137. The van der Waals surface area contributed by atoms with Crippen LogP contribution in [0.4, 0.5) is 15.7 Å². The summed E-state index contributed by atoms with van der Waals surface area (Å²) < 4.78 is 5.35. The maximum atomic E-state index is 13.9. The monoisotopic (exact) mass is 544 g/mol. The molecular weight excluding hydrogens is 516 g/mol. The molecule has 0 spiro atoms. The predicted octanol–water partition coefficient (Wildman–Crippen LogP) is 7.40. The van der Waals surface area contributed by atoms with Crippen molar-refractivity contribution in [3.05, 3.63) is 98.2 Å². The zero-order valence-corrected chi connectivity index (χ0v) is 22.9. The minimum atomic E-state index is -0.410. The molecule has 0 saturated heterocycles. The molecule has 194 valence electrons. The van der Waals surface area contributed by atoms with Gasteiger partial charge < -0.3 is 15.4 Å². The topological polar surface area (TPSA) is 84.5 Å². The van der Waals surface area contributed by atoms with Crippen molar-refractivity contribution in [2.24, 2.45) is 0 Å². The summed E-state index contributed by atoms with van der Waals surface area (Å²) in [4.78, 5) is 41.8. The predicted molar refractivity (Wildman–Crippen MR) is 154 cm³/mol. The summed E-state index contributed by atoms with van der Waals surface area (Å²) in [6.45, 7) is 3.83. The van der Waals surface area contributed by atoms with Gasteiger partial charge in [0.05, 0.1) is 22.6 Å². The third-order valence-electron chi connectivity index (χ3n) is 6.53. The molecule has 0 bridgehead atoms. The molecule has 4 aromatic rings. The summed E-state index contributed by atoms with van der Waals surface area (Å²) in [6, 6.07) is 18.6. The Morgan fingerprint density at radius 2 is 1.55 bits per heavy atom. The van der Waals surface area contributed by atoms with Crippen LogP contribution in [0.15, 0.2) is 60.7 Å². The molecule has 0 saturated carbocycles. The Labute approximate surface area is 229 Å². The second kappa shape index (κ2) is 11.3. The van der Waals surface area contributed by atoms with Crippen LogP contribution in [0.5, 0.6) is 0 Å². The molecule has 5 rings (SSSR count). The normalized spacial score (nSPS) is 12.5. The van der Waals surface area contributed by atoms with E-state index in [9.17, 15) is 14.4 Å². The van der Waals surface area contributed by atoms with Crippen molar-refractivity contribution in [2.45, 2.75) is 39.5 Å². The highest BCUT2D eigenvalue weighted by Gasteiger charge is 2.30. The number of thiophene rings is 2. The van der Waals surface area contributed by atoms with Crippen molar-refractivity contribution in [2.75, 3.05) is 17.2 Å². The Morgan fingerprint density at radius 3 is 2.26 bits per heavy atom. The van der Waals surface area contributed by atoms with Crippen LogP contribution in [-0.2, 0) is 17.6 Å². The number of anilines is 3. The number of esters is 1. The van der Waals surface area contributed by atoms with E-state index in [0.29, 0.717) is 37.1 Å². The number of ketones is 1. The summed E-state index contributed by atoms with van der Waals surface area (Å²) in [6.07, 6.45) is 3.74. The molecule has 2 N–H and O–H groups in total. The average Bonchev–Trinajstić information content (AvgIpc) is 3.46. The number of nitrogens with one attached hydrogen (secondary N) is 2. The smallest absolute Gasteiger partial charge is 0.341 e. The van der Waals surface area contributed by atoms with Gasteiger partial charge in [-0.1, -0.05) is 48.5 Å². The average molecular weight is 545 g/mol.